The van der Waals surface area contributed by atoms with E-state index in [1.807, 2.05) is 46.5 Å². The van der Waals surface area contributed by atoms with Crippen molar-refractivity contribution < 1.29 is 9.59 Å². The van der Waals surface area contributed by atoms with Gasteiger partial charge in [0.1, 0.15) is 0 Å². The van der Waals surface area contributed by atoms with Gasteiger partial charge in [0, 0.05) is 45.2 Å². The van der Waals surface area contributed by atoms with Crippen molar-refractivity contribution in [3.8, 4) is 0 Å². The van der Waals surface area contributed by atoms with E-state index in [9.17, 15) is 9.59 Å². The van der Waals surface area contributed by atoms with Gasteiger partial charge in [0.15, 0.2) is 0 Å². The highest BCUT2D eigenvalue weighted by Crippen LogP contribution is 2.16. The molecule has 1 aliphatic rings. The summed E-state index contributed by atoms with van der Waals surface area (Å²) in [5.74, 6) is 0.165. The van der Waals surface area contributed by atoms with Crippen LogP contribution in [0.3, 0.4) is 0 Å². The molecule has 0 radical (unpaired) electrons. The number of fused-ring (bicyclic) bond motifs is 1. The van der Waals surface area contributed by atoms with Crippen LogP contribution in [0.1, 0.15) is 23.7 Å². The largest absolute Gasteiger partial charge is 0.339 e. The summed E-state index contributed by atoms with van der Waals surface area (Å²) in [6.07, 6.45) is 2.26. The molecule has 0 saturated carbocycles. The van der Waals surface area contributed by atoms with E-state index in [0.29, 0.717) is 38.2 Å². The Balaban J connectivity index is 1.72. The molecule has 1 aromatic heterocycles. The number of amides is 2. The van der Waals surface area contributed by atoms with Gasteiger partial charge in [-0.15, -0.1) is 0 Å². The second kappa shape index (κ2) is 5.79. The molecule has 3 rings (SSSR count). The first-order valence-corrected chi connectivity index (χ1v) is 7.58. The predicted molar refractivity (Wildman–Crippen MR) is 83.5 cm³/mol. The maximum absolute atomic E-state index is 12.6. The minimum atomic E-state index is 0.0103. The molecule has 116 valence electrons. The topological polar surface area (TPSA) is 58.4 Å². The van der Waals surface area contributed by atoms with Crippen LogP contribution in [0.15, 0.2) is 24.5 Å². The van der Waals surface area contributed by atoms with Crippen molar-refractivity contribution in [2.24, 2.45) is 7.05 Å². The fourth-order valence-electron chi connectivity index (χ4n) is 2.83. The lowest BCUT2D eigenvalue weighted by Gasteiger charge is -2.34. The lowest BCUT2D eigenvalue weighted by atomic mass is 10.1. The molecule has 2 aromatic rings. The first-order chi connectivity index (χ1) is 10.6. The number of aryl methyl sites for hydroxylation is 1. The lowest BCUT2D eigenvalue weighted by Crippen LogP contribution is -2.50. The zero-order valence-corrected chi connectivity index (χ0v) is 13.0. The molecule has 6 nitrogen and oxygen atoms in total. The number of imidazole rings is 1. The van der Waals surface area contributed by atoms with Gasteiger partial charge < -0.3 is 14.4 Å². The third-order valence-electron chi connectivity index (χ3n) is 4.19. The highest BCUT2D eigenvalue weighted by atomic mass is 16.2. The van der Waals surface area contributed by atoms with Crippen LogP contribution in [-0.4, -0.2) is 57.3 Å². The number of carbonyl (C=O) groups is 2. The maximum Gasteiger partial charge on any atom is 0.254 e. The SMILES string of the molecule is CCC(=O)N1CCN(C(=O)c2ccc3c(c2)ncn3C)CC1. The molecule has 0 spiro atoms. The van der Waals surface area contributed by atoms with E-state index < -0.39 is 0 Å². The second-order valence-electron chi connectivity index (χ2n) is 5.59. The molecule has 1 aliphatic heterocycles. The molecule has 0 atom stereocenters. The Labute approximate surface area is 129 Å². The van der Waals surface area contributed by atoms with E-state index in [1.165, 1.54) is 0 Å². The number of hydrogen-bond donors (Lipinski definition) is 0. The lowest BCUT2D eigenvalue weighted by molar-refractivity contribution is -0.132. The molecule has 0 bridgehead atoms. The summed E-state index contributed by atoms with van der Waals surface area (Å²) in [5, 5.41) is 0. The number of carbonyl (C=O) groups excluding carboxylic acids is 2. The highest BCUT2D eigenvalue weighted by molar-refractivity contribution is 5.97. The van der Waals surface area contributed by atoms with Crippen LogP contribution < -0.4 is 0 Å². The molecular formula is C16H20N4O2. The summed E-state index contributed by atoms with van der Waals surface area (Å²) < 4.78 is 1.93. The summed E-state index contributed by atoms with van der Waals surface area (Å²) in [4.78, 5) is 32.2. The van der Waals surface area contributed by atoms with E-state index >= 15 is 0 Å². The van der Waals surface area contributed by atoms with Crippen LogP contribution in [0.2, 0.25) is 0 Å². The standard InChI is InChI=1S/C16H20N4O2/c1-3-15(21)19-6-8-20(9-7-19)16(22)12-4-5-14-13(10-12)17-11-18(14)2/h4-5,10-11H,3,6-9H2,1-2H3. The van der Waals surface area contributed by atoms with Gasteiger partial charge in [-0.25, -0.2) is 4.98 Å². The van der Waals surface area contributed by atoms with E-state index in [2.05, 4.69) is 4.98 Å². The van der Waals surface area contributed by atoms with Crippen molar-refractivity contribution in [3.05, 3.63) is 30.1 Å². The molecule has 0 N–H and O–H groups in total. The molecule has 2 heterocycles. The molecule has 1 aromatic carbocycles. The van der Waals surface area contributed by atoms with Crippen molar-refractivity contribution in [2.75, 3.05) is 26.2 Å². The van der Waals surface area contributed by atoms with Crippen LogP contribution in [-0.2, 0) is 11.8 Å². The van der Waals surface area contributed by atoms with E-state index in [1.54, 1.807) is 6.33 Å². The first-order valence-electron chi connectivity index (χ1n) is 7.58. The number of hydrogen-bond acceptors (Lipinski definition) is 3. The van der Waals surface area contributed by atoms with Crippen LogP contribution in [0.5, 0.6) is 0 Å². The smallest absolute Gasteiger partial charge is 0.254 e. The minimum Gasteiger partial charge on any atom is -0.339 e. The van der Waals surface area contributed by atoms with Gasteiger partial charge in [0.2, 0.25) is 5.91 Å². The Morgan fingerprint density at radius 3 is 2.50 bits per heavy atom. The maximum atomic E-state index is 12.6. The minimum absolute atomic E-state index is 0.0103. The van der Waals surface area contributed by atoms with Gasteiger partial charge in [-0.3, -0.25) is 9.59 Å². The van der Waals surface area contributed by atoms with Gasteiger partial charge in [-0.2, -0.15) is 0 Å². The molecular weight excluding hydrogens is 280 g/mol. The van der Waals surface area contributed by atoms with Gasteiger partial charge in [0.05, 0.1) is 17.4 Å². The fraction of sp³-hybridized carbons (Fsp3) is 0.438. The normalized spacial score (nSPS) is 15.4. The quantitative estimate of drug-likeness (QED) is 0.839. The molecule has 2 amide bonds. The molecule has 6 heteroatoms. The summed E-state index contributed by atoms with van der Waals surface area (Å²) in [6.45, 7) is 4.27. The average Bonchev–Trinajstić information content (AvgIpc) is 2.94. The summed E-state index contributed by atoms with van der Waals surface area (Å²) in [6, 6.07) is 5.60. The highest BCUT2D eigenvalue weighted by Gasteiger charge is 2.24. The number of nitrogens with zero attached hydrogens (tertiary/aromatic N) is 4. The van der Waals surface area contributed by atoms with Crippen LogP contribution in [0.25, 0.3) is 11.0 Å². The fourth-order valence-corrected chi connectivity index (χ4v) is 2.83. The summed E-state index contributed by atoms with van der Waals surface area (Å²) in [5.41, 5.74) is 2.49. The van der Waals surface area contributed by atoms with Crippen molar-refractivity contribution in [3.63, 3.8) is 0 Å². The number of benzene rings is 1. The monoisotopic (exact) mass is 300 g/mol. The second-order valence-corrected chi connectivity index (χ2v) is 5.59. The van der Waals surface area contributed by atoms with Gasteiger partial charge in [-0.05, 0) is 18.2 Å². The number of aromatic nitrogens is 2. The van der Waals surface area contributed by atoms with Crippen molar-refractivity contribution >= 4 is 22.8 Å². The third kappa shape index (κ3) is 2.56. The average molecular weight is 300 g/mol. The predicted octanol–water partition coefficient (Wildman–Crippen LogP) is 1.27. The Hall–Kier alpha value is -2.37. The van der Waals surface area contributed by atoms with Crippen LogP contribution in [0.4, 0.5) is 0 Å². The van der Waals surface area contributed by atoms with E-state index in [-0.39, 0.29) is 11.8 Å². The summed E-state index contributed by atoms with van der Waals surface area (Å²) in [7, 11) is 1.93. The third-order valence-corrected chi connectivity index (χ3v) is 4.19. The number of piperazine rings is 1. The molecule has 1 saturated heterocycles. The Kier molecular flexibility index (Phi) is 3.83. The first kappa shape index (κ1) is 14.6. The number of rotatable bonds is 2. The van der Waals surface area contributed by atoms with Gasteiger partial charge >= 0.3 is 0 Å². The molecule has 1 fully saturated rings. The van der Waals surface area contributed by atoms with Crippen molar-refractivity contribution in [1.29, 1.82) is 0 Å². The van der Waals surface area contributed by atoms with Crippen molar-refractivity contribution in [1.82, 2.24) is 19.4 Å². The molecule has 0 unspecified atom stereocenters. The van der Waals surface area contributed by atoms with Gasteiger partial charge in [0.25, 0.3) is 5.91 Å². The zero-order chi connectivity index (χ0) is 15.7. The molecule has 22 heavy (non-hydrogen) atoms. The van der Waals surface area contributed by atoms with E-state index in [4.69, 9.17) is 0 Å². The van der Waals surface area contributed by atoms with Crippen LogP contribution in [0, 0.1) is 0 Å². The Morgan fingerprint density at radius 1 is 1.14 bits per heavy atom. The summed E-state index contributed by atoms with van der Waals surface area (Å²) >= 11 is 0. The Morgan fingerprint density at radius 2 is 1.82 bits per heavy atom. The van der Waals surface area contributed by atoms with Crippen LogP contribution >= 0.6 is 0 Å². The Bertz CT molecular complexity index is 714. The van der Waals surface area contributed by atoms with Gasteiger partial charge in [-0.1, -0.05) is 6.92 Å². The van der Waals surface area contributed by atoms with E-state index in [0.717, 1.165) is 11.0 Å². The zero-order valence-electron chi connectivity index (χ0n) is 13.0. The molecule has 0 aliphatic carbocycles. The van der Waals surface area contributed by atoms with Crippen molar-refractivity contribution in [2.45, 2.75) is 13.3 Å².